The van der Waals surface area contributed by atoms with Gasteiger partial charge in [-0.05, 0) is 32.0 Å². The van der Waals surface area contributed by atoms with Crippen molar-refractivity contribution in [3.63, 3.8) is 0 Å². The molecule has 0 fully saturated rings. The summed E-state index contributed by atoms with van der Waals surface area (Å²) < 4.78 is 1.92. The number of hydrogen-bond acceptors (Lipinski definition) is 4. The first-order chi connectivity index (χ1) is 8.99. The molecule has 0 atom stereocenters. The van der Waals surface area contributed by atoms with E-state index in [-0.39, 0.29) is 17.1 Å². The van der Waals surface area contributed by atoms with E-state index in [0.717, 1.165) is 11.0 Å². The van der Waals surface area contributed by atoms with Gasteiger partial charge in [-0.15, -0.1) is 0 Å². The van der Waals surface area contributed by atoms with Crippen molar-refractivity contribution < 1.29 is 9.90 Å². The monoisotopic (exact) mass is 257 g/mol. The molecule has 1 aromatic carbocycles. The Hall–Kier alpha value is -2.43. The van der Waals surface area contributed by atoms with Crippen LogP contribution in [0.3, 0.4) is 0 Å². The van der Waals surface area contributed by atoms with Gasteiger partial charge in [-0.3, -0.25) is 9.79 Å². The van der Waals surface area contributed by atoms with Crippen LogP contribution < -0.4 is 0 Å². The quantitative estimate of drug-likeness (QED) is 0.522. The first-order valence-electron chi connectivity index (χ1n) is 5.85. The number of aliphatic hydroxyl groups is 1. The molecule has 1 heterocycles. The number of aryl methyl sites for hydroxylation is 1. The number of rotatable bonds is 3. The van der Waals surface area contributed by atoms with Gasteiger partial charge in [0, 0.05) is 13.3 Å². The summed E-state index contributed by atoms with van der Waals surface area (Å²) in [5.74, 6) is -0.252. The minimum absolute atomic E-state index is 0.0323. The molecule has 5 heteroatoms. The summed E-state index contributed by atoms with van der Waals surface area (Å²) in [6.07, 6.45) is 3.11. The highest BCUT2D eigenvalue weighted by Crippen LogP contribution is 2.19. The van der Waals surface area contributed by atoms with Crippen LogP contribution in [0.25, 0.3) is 11.0 Å². The predicted octanol–water partition coefficient (Wildman–Crippen LogP) is 2.70. The third kappa shape index (κ3) is 2.70. The van der Waals surface area contributed by atoms with E-state index in [2.05, 4.69) is 9.98 Å². The number of imidazole rings is 1. The molecule has 19 heavy (non-hydrogen) atoms. The van der Waals surface area contributed by atoms with Crippen molar-refractivity contribution in [3.05, 3.63) is 35.9 Å². The van der Waals surface area contributed by atoms with E-state index >= 15 is 0 Å². The van der Waals surface area contributed by atoms with Crippen molar-refractivity contribution in [1.29, 1.82) is 0 Å². The average molecular weight is 257 g/mol. The van der Waals surface area contributed by atoms with Crippen LogP contribution in [0.4, 0.5) is 5.69 Å². The Morgan fingerprint density at radius 2 is 2.16 bits per heavy atom. The number of aliphatic hydroxyl groups excluding tert-OH is 1. The number of hydrogen-bond donors (Lipinski definition) is 1. The van der Waals surface area contributed by atoms with Gasteiger partial charge in [0.15, 0.2) is 5.78 Å². The van der Waals surface area contributed by atoms with Gasteiger partial charge in [-0.25, -0.2) is 4.98 Å². The molecule has 98 valence electrons. The van der Waals surface area contributed by atoms with E-state index in [4.69, 9.17) is 0 Å². The molecule has 2 rings (SSSR count). The van der Waals surface area contributed by atoms with Crippen LogP contribution >= 0.6 is 0 Å². The molecule has 1 aromatic heterocycles. The van der Waals surface area contributed by atoms with Gasteiger partial charge in [0.05, 0.1) is 28.6 Å². The smallest absolute Gasteiger partial charge is 0.164 e. The highest BCUT2D eigenvalue weighted by Gasteiger charge is 2.05. The fraction of sp³-hybridized carbons (Fsp3) is 0.214. The van der Waals surface area contributed by atoms with E-state index < -0.39 is 0 Å². The molecular formula is C14H15N3O2. The zero-order valence-electron chi connectivity index (χ0n) is 11.1. The number of aliphatic imine (C=N–C) groups is 1. The molecule has 1 N–H and O–H groups in total. The molecule has 0 unspecified atom stereocenters. The number of allylic oxidation sites excluding steroid dienone is 2. The number of aromatic nitrogens is 2. The van der Waals surface area contributed by atoms with Crippen molar-refractivity contribution in [2.75, 3.05) is 0 Å². The maximum atomic E-state index is 11.3. The summed E-state index contributed by atoms with van der Waals surface area (Å²) in [5.41, 5.74) is 2.75. The fourth-order valence-corrected chi connectivity index (χ4v) is 1.78. The molecule has 0 amide bonds. The van der Waals surface area contributed by atoms with E-state index in [0.29, 0.717) is 5.69 Å². The second kappa shape index (κ2) is 5.06. The highest BCUT2D eigenvalue weighted by molar-refractivity contribution is 6.13. The van der Waals surface area contributed by atoms with Crippen molar-refractivity contribution in [3.8, 4) is 0 Å². The van der Waals surface area contributed by atoms with Crippen molar-refractivity contribution in [2.45, 2.75) is 13.8 Å². The molecule has 0 bridgehead atoms. The third-order valence-corrected chi connectivity index (χ3v) is 2.82. The summed E-state index contributed by atoms with van der Waals surface area (Å²) in [6.45, 7) is 2.85. The van der Waals surface area contributed by atoms with Crippen LogP contribution in [-0.2, 0) is 11.8 Å². The van der Waals surface area contributed by atoms with Crippen LogP contribution in [0.1, 0.15) is 13.8 Å². The van der Waals surface area contributed by atoms with Gasteiger partial charge >= 0.3 is 0 Å². The van der Waals surface area contributed by atoms with Crippen molar-refractivity contribution in [2.24, 2.45) is 12.0 Å². The van der Waals surface area contributed by atoms with Gasteiger partial charge in [-0.1, -0.05) is 0 Å². The van der Waals surface area contributed by atoms with Crippen LogP contribution in [-0.4, -0.2) is 26.7 Å². The molecule has 2 aromatic rings. The number of carbonyl (C=O) groups excluding carboxylic acids is 1. The summed E-state index contributed by atoms with van der Waals surface area (Å²) in [7, 11) is 1.92. The molecule has 0 saturated heterocycles. The topological polar surface area (TPSA) is 67.5 Å². The second-order valence-electron chi connectivity index (χ2n) is 4.34. The Bertz CT molecular complexity index is 692. The van der Waals surface area contributed by atoms with Crippen LogP contribution in [0.2, 0.25) is 0 Å². The van der Waals surface area contributed by atoms with Crippen molar-refractivity contribution >= 4 is 28.7 Å². The number of benzene rings is 1. The van der Waals surface area contributed by atoms with Gasteiger partial charge in [-0.2, -0.15) is 0 Å². The van der Waals surface area contributed by atoms with Gasteiger partial charge in [0.1, 0.15) is 5.76 Å². The summed E-state index contributed by atoms with van der Waals surface area (Å²) in [6, 6.07) is 5.58. The molecule has 0 aliphatic heterocycles. The molecule has 0 radical (unpaired) electrons. The lowest BCUT2D eigenvalue weighted by Crippen LogP contribution is -2.01. The lowest BCUT2D eigenvalue weighted by molar-refractivity contribution is -0.113. The van der Waals surface area contributed by atoms with E-state index in [9.17, 15) is 9.90 Å². The summed E-state index contributed by atoms with van der Waals surface area (Å²) in [4.78, 5) is 19.7. The molecule has 0 aliphatic rings. The zero-order chi connectivity index (χ0) is 14.0. The fourth-order valence-electron chi connectivity index (χ4n) is 1.78. The Morgan fingerprint density at radius 3 is 2.79 bits per heavy atom. The number of nitrogens with zero attached hydrogens (tertiary/aromatic N) is 3. The summed E-state index contributed by atoms with van der Waals surface area (Å²) >= 11 is 0. The van der Waals surface area contributed by atoms with E-state index in [1.807, 2.05) is 29.8 Å². The minimum atomic E-state index is -0.220. The maximum Gasteiger partial charge on any atom is 0.164 e. The number of Topliss-reactive ketones (excluding diaryl/α,β-unsaturated/α-hetero) is 1. The Kier molecular flexibility index (Phi) is 3.46. The Balaban J connectivity index is 2.36. The molecule has 0 spiro atoms. The zero-order valence-corrected chi connectivity index (χ0v) is 11.1. The first kappa shape index (κ1) is 13.0. The summed E-state index contributed by atoms with van der Waals surface area (Å²) in [5, 5.41) is 9.39. The van der Waals surface area contributed by atoms with Crippen LogP contribution in [0, 0.1) is 0 Å². The largest absolute Gasteiger partial charge is 0.512 e. The normalized spacial score (nSPS) is 13.0. The Labute approximate surface area is 110 Å². The van der Waals surface area contributed by atoms with E-state index in [1.54, 1.807) is 6.33 Å². The third-order valence-electron chi connectivity index (χ3n) is 2.82. The molecule has 0 aliphatic carbocycles. The lowest BCUT2D eigenvalue weighted by Gasteiger charge is -1.99. The number of fused-ring (bicyclic) bond motifs is 1. The van der Waals surface area contributed by atoms with Crippen molar-refractivity contribution in [1.82, 2.24) is 9.55 Å². The minimum Gasteiger partial charge on any atom is -0.512 e. The van der Waals surface area contributed by atoms with Gasteiger partial charge < -0.3 is 9.67 Å². The number of ketones is 1. The van der Waals surface area contributed by atoms with Gasteiger partial charge in [0.2, 0.25) is 0 Å². The average Bonchev–Trinajstić information content (AvgIpc) is 2.70. The second-order valence-corrected chi connectivity index (χ2v) is 4.34. The SMILES string of the molecule is CC(=O)/C(C=Nc1ccc2c(c1)ncn2C)=C(/C)O. The number of carbonyl (C=O) groups is 1. The molecule has 5 nitrogen and oxygen atoms in total. The van der Waals surface area contributed by atoms with Crippen LogP contribution in [0.15, 0.2) is 40.9 Å². The molecule has 0 saturated carbocycles. The predicted molar refractivity (Wildman–Crippen MR) is 74.9 cm³/mol. The van der Waals surface area contributed by atoms with Gasteiger partial charge in [0.25, 0.3) is 0 Å². The maximum absolute atomic E-state index is 11.3. The highest BCUT2D eigenvalue weighted by atomic mass is 16.3. The lowest BCUT2D eigenvalue weighted by atomic mass is 10.2. The van der Waals surface area contributed by atoms with E-state index in [1.165, 1.54) is 20.1 Å². The first-order valence-corrected chi connectivity index (χ1v) is 5.85. The van der Waals surface area contributed by atoms with Crippen LogP contribution in [0.5, 0.6) is 0 Å². The standard InChI is InChI=1S/C14H15N3O2/c1-9(18)12(10(2)19)7-15-11-4-5-14-13(6-11)16-8-17(14)3/h4-8,18H,1-3H3/b12-9-,15-7?. The Morgan fingerprint density at radius 1 is 1.42 bits per heavy atom. The molecular weight excluding hydrogens is 242 g/mol.